The maximum absolute atomic E-state index is 13.6. The standard InChI is InChI=1S/C13H11F2N5O/c14-7-1-2-8(9(15)3-7)10(21)4-16-12-11-13(18-5-17-11)20-6-19-12/h1-3,5-6,10,21H,4H2,(H2,16,17,18,19,20). The van der Waals surface area contributed by atoms with Gasteiger partial charge in [-0.05, 0) is 6.07 Å². The van der Waals surface area contributed by atoms with Crippen LogP contribution in [0.5, 0.6) is 0 Å². The predicted octanol–water partition coefficient (Wildman–Crippen LogP) is 1.78. The zero-order chi connectivity index (χ0) is 14.8. The topological polar surface area (TPSA) is 86.7 Å². The van der Waals surface area contributed by atoms with Crippen molar-refractivity contribution in [2.24, 2.45) is 0 Å². The van der Waals surface area contributed by atoms with Crippen LogP contribution in [0.1, 0.15) is 11.7 Å². The van der Waals surface area contributed by atoms with Gasteiger partial charge in [-0.25, -0.2) is 23.7 Å². The molecule has 0 amide bonds. The number of aliphatic hydroxyl groups is 1. The summed E-state index contributed by atoms with van der Waals surface area (Å²) in [6.07, 6.45) is 1.66. The first-order valence-corrected chi connectivity index (χ1v) is 6.16. The number of hydrogen-bond acceptors (Lipinski definition) is 5. The lowest BCUT2D eigenvalue weighted by atomic mass is 10.1. The molecule has 0 saturated carbocycles. The SMILES string of the molecule is OC(CNc1ncnc2nc[nH]c12)c1ccc(F)cc1F. The third-order valence-electron chi connectivity index (χ3n) is 3.01. The van der Waals surface area contributed by atoms with Crippen LogP contribution in [-0.4, -0.2) is 31.6 Å². The number of halogens is 2. The number of fused-ring (bicyclic) bond motifs is 1. The van der Waals surface area contributed by atoms with Gasteiger partial charge < -0.3 is 15.4 Å². The van der Waals surface area contributed by atoms with Crippen molar-refractivity contribution < 1.29 is 13.9 Å². The van der Waals surface area contributed by atoms with Gasteiger partial charge in [0, 0.05) is 18.2 Å². The van der Waals surface area contributed by atoms with Crippen molar-refractivity contribution in [2.45, 2.75) is 6.10 Å². The van der Waals surface area contributed by atoms with Crippen LogP contribution >= 0.6 is 0 Å². The fourth-order valence-corrected chi connectivity index (χ4v) is 1.97. The Hall–Kier alpha value is -2.61. The zero-order valence-corrected chi connectivity index (χ0v) is 10.7. The molecule has 1 unspecified atom stereocenters. The van der Waals surface area contributed by atoms with Gasteiger partial charge in [-0.1, -0.05) is 6.07 Å². The quantitative estimate of drug-likeness (QED) is 0.682. The predicted molar refractivity (Wildman–Crippen MR) is 71.5 cm³/mol. The minimum atomic E-state index is -1.14. The van der Waals surface area contributed by atoms with E-state index in [9.17, 15) is 13.9 Å². The lowest BCUT2D eigenvalue weighted by Crippen LogP contribution is -2.14. The molecule has 3 rings (SSSR count). The molecule has 0 radical (unpaired) electrons. The van der Waals surface area contributed by atoms with Crippen molar-refractivity contribution >= 4 is 17.0 Å². The van der Waals surface area contributed by atoms with Gasteiger partial charge >= 0.3 is 0 Å². The number of aromatic nitrogens is 4. The summed E-state index contributed by atoms with van der Waals surface area (Å²) in [4.78, 5) is 14.8. The third kappa shape index (κ3) is 2.65. The van der Waals surface area contributed by atoms with E-state index >= 15 is 0 Å². The monoisotopic (exact) mass is 291 g/mol. The summed E-state index contributed by atoms with van der Waals surface area (Å²) < 4.78 is 26.4. The lowest BCUT2D eigenvalue weighted by molar-refractivity contribution is 0.186. The Bertz CT molecular complexity index is 776. The molecule has 1 aromatic carbocycles. The van der Waals surface area contributed by atoms with Gasteiger partial charge in [0.1, 0.15) is 23.5 Å². The smallest absolute Gasteiger partial charge is 0.182 e. The van der Waals surface area contributed by atoms with E-state index in [1.165, 1.54) is 18.7 Å². The second kappa shape index (κ2) is 5.41. The average molecular weight is 291 g/mol. The molecule has 3 N–H and O–H groups in total. The van der Waals surface area contributed by atoms with E-state index in [1.54, 1.807) is 0 Å². The Morgan fingerprint density at radius 2 is 2.10 bits per heavy atom. The number of imidazole rings is 1. The Balaban J connectivity index is 1.76. The van der Waals surface area contributed by atoms with Crippen LogP contribution in [0.2, 0.25) is 0 Å². The van der Waals surface area contributed by atoms with Gasteiger partial charge in [0.2, 0.25) is 0 Å². The highest BCUT2D eigenvalue weighted by Crippen LogP contribution is 2.20. The molecular weight excluding hydrogens is 280 g/mol. The molecule has 0 aliphatic rings. The number of benzene rings is 1. The summed E-state index contributed by atoms with van der Waals surface area (Å²) in [6, 6.07) is 3.04. The van der Waals surface area contributed by atoms with Crippen molar-refractivity contribution in [3.63, 3.8) is 0 Å². The third-order valence-corrected chi connectivity index (χ3v) is 3.01. The summed E-state index contributed by atoms with van der Waals surface area (Å²) in [6.45, 7) is 0.00762. The van der Waals surface area contributed by atoms with E-state index in [0.29, 0.717) is 17.0 Å². The van der Waals surface area contributed by atoms with E-state index in [2.05, 4.69) is 25.3 Å². The molecule has 2 heterocycles. The maximum atomic E-state index is 13.6. The minimum absolute atomic E-state index is 0.00762. The van der Waals surface area contributed by atoms with Gasteiger partial charge in [0.15, 0.2) is 11.5 Å². The molecule has 108 valence electrons. The van der Waals surface area contributed by atoms with E-state index in [1.807, 2.05) is 0 Å². The molecule has 0 saturated heterocycles. The maximum Gasteiger partial charge on any atom is 0.182 e. The van der Waals surface area contributed by atoms with Crippen molar-refractivity contribution in [2.75, 3.05) is 11.9 Å². The number of hydrogen-bond donors (Lipinski definition) is 3. The number of rotatable bonds is 4. The summed E-state index contributed by atoms with van der Waals surface area (Å²) in [5.74, 6) is -1.04. The molecule has 0 spiro atoms. The number of H-pyrrole nitrogens is 1. The molecule has 6 nitrogen and oxygen atoms in total. The van der Waals surface area contributed by atoms with Crippen LogP contribution in [0.15, 0.2) is 30.9 Å². The molecule has 1 atom stereocenters. The molecule has 21 heavy (non-hydrogen) atoms. The molecule has 3 aromatic rings. The van der Waals surface area contributed by atoms with E-state index in [0.717, 1.165) is 12.1 Å². The second-order valence-electron chi connectivity index (χ2n) is 4.39. The fraction of sp³-hybridized carbons (Fsp3) is 0.154. The van der Waals surface area contributed by atoms with Crippen molar-refractivity contribution in [1.29, 1.82) is 0 Å². The Morgan fingerprint density at radius 1 is 1.24 bits per heavy atom. The lowest BCUT2D eigenvalue weighted by Gasteiger charge is -2.13. The Labute approximate surface area is 117 Å². The van der Waals surface area contributed by atoms with Crippen LogP contribution in [0.25, 0.3) is 11.2 Å². The van der Waals surface area contributed by atoms with E-state index in [-0.39, 0.29) is 12.1 Å². The van der Waals surface area contributed by atoms with Crippen LogP contribution < -0.4 is 5.32 Å². The van der Waals surface area contributed by atoms with Crippen LogP contribution in [0.4, 0.5) is 14.6 Å². The van der Waals surface area contributed by atoms with Gasteiger partial charge in [-0.2, -0.15) is 0 Å². The van der Waals surface area contributed by atoms with Crippen LogP contribution in [0.3, 0.4) is 0 Å². The van der Waals surface area contributed by atoms with Gasteiger partial charge in [-0.15, -0.1) is 0 Å². The summed E-state index contributed by atoms with van der Waals surface area (Å²) in [5, 5.41) is 12.9. The number of anilines is 1. The summed E-state index contributed by atoms with van der Waals surface area (Å²) in [7, 11) is 0. The number of aromatic amines is 1. The second-order valence-corrected chi connectivity index (χ2v) is 4.39. The molecule has 0 fully saturated rings. The van der Waals surface area contributed by atoms with E-state index < -0.39 is 17.7 Å². The van der Waals surface area contributed by atoms with Crippen molar-refractivity contribution in [3.05, 3.63) is 48.1 Å². The molecule has 0 aliphatic carbocycles. The van der Waals surface area contributed by atoms with Gasteiger partial charge in [0.05, 0.1) is 12.4 Å². The minimum Gasteiger partial charge on any atom is -0.386 e. The molecule has 0 bridgehead atoms. The molecular formula is C13H11F2N5O. The number of aliphatic hydroxyl groups excluding tert-OH is 1. The largest absolute Gasteiger partial charge is 0.386 e. The Morgan fingerprint density at radius 3 is 2.90 bits per heavy atom. The van der Waals surface area contributed by atoms with Crippen molar-refractivity contribution in [1.82, 2.24) is 19.9 Å². The molecule has 8 heteroatoms. The average Bonchev–Trinajstić information content (AvgIpc) is 2.93. The van der Waals surface area contributed by atoms with Gasteiger partial charge in [0.25, 0.3) is 0 Å². The summed E-state index contributed by atoms with van der Waals surface area (Å²) in [5.41, 5.74) is 1.08. The van der Waals surface area contributed by atoms with Gasteiger partial charge in [-0.3, -0.25) is 0 Å². The highest BCUT2D eigenvalue weighted by molar-refractivity contribution is 5.81. The fourth-order valence-electron chi connectivity index (χ4n) is 1.97. The molecule has 0 aliphatic heterocycles. The number of nitrogens with zero attached hydrogens (tertiary/aromatic N) is 3. The van der Waals surface area contributed by atoms with E-state index in [4.69, 9.17) is 0 Å². The Kier molecular flexibility index (Phi) is 3.44. The normalized spacial score (nSPS) is 12.5. The first-order chi connectivity index (χ1) is 10.1. The highest BCUT2D eigenvalue weighted by atomic mass is 19.1. The first kappa shape index (κ1) is 13.4. The highest BCUT2D eigenvalue weighted by Gasteiger charge is 2.14. The number of nitrogens with one attached hydrogen (secondary N) is 2. The first-order valence-electron chi connectivity index (χ1n) is 6.16. The van der Waals surface area contributed by atoms with Crippen molar-refractivity contribution in [3.8, 4) is 0 Å². The molecule has 2 aromatic heterocycles. The van der Waals surface area contributed by atoms with Crippen LogP contribution in [0, 0.1) is 11.6 Å². The van der Waals surface area contributed by atoms with Crippen LogP contribution in [-0.2, 0) is 0 Å². The zero-order valence-electron chi connectivity index (χ0n) is 10.7. The summed E-state index contributed by atoms with van der Waals surface area (Å²) >= 11 is 0.